The van der Waals surface area contributed by atoms with Gasteiger partial charge in [-0.2, -0.15) is 0 Å². The van der Waals surface area contributed by atoms with Crippen molar-refractivity contribution in [3.05, 3.63) is 52.8 Å². The number of nitrogens with one attached hydrogen (secondary N) is 2. The summed E-state index contributed by atoms with van der Waals surface area (Å²) in [6, 6.07) is 10.2. The molecule has 1 aliphatic heterocycles. The monoisotopic (exact) mass is 385 g/mol. The summed E-state index contributed by atoms with van der Waals surface area (Å²) in [4.78, 5) is 31.6. The number of nitrogens with zero attached hydrogens (tertiary/aromatic N) is 1. The van der Waals surface area contributed by atoms with Crippen LogP contribution in [-0.4, -0.2) is 41.0 Å². The predicted molar refractivity (Wildman–Crippen MR) is 109 cm³/mol. The van der Waals surface area contributed by atoms with Gasteiger partial charge in [-0.15, -0.1) is 11.8 Å². The smallest absolute Gasteiger partial charge is 0.270 e. The standard InChI is InChI=1S/C21H27N3O2S/c1-14-11-15(2)23-19(14)21(26)24-10-4-5-17(13-24)20(25)22-12-16-6-8-18(27-3)9-7-16/h6-9,11,17,23H,4-5,10,12-13H2,1-3H3,(H,22,25)/t17-/m0/s1. The summed E-state index contributed by atoms with van der Waals surface area (Å²) in [5.74, 6) is -0.129. The van der Waals surface area contributed by atoms with Gasteiger partial charge in [0.25, 0.3) is 5.91 Å². The lowest BCUT2D eigenvalue weighted by atomic mass is 9.96. The number of hydrogen-bond donors (Lipinski definition) is 2. The first kappa shape index (κ1) is 19.5. The molecule has 0 radical (unpaired) electrons. The van der Waals surface area contributed by atoms with Crippen molar-refractivity contribution in [2.24, 2.45) is 5.92 Å². The second-order valence-electron chi connectivity index (χ2n) is 7.17. The molecule has 144 valence electrons. The second-order valence-corrected chi connectivity index (χ2v) is 8.05. The van der Waals surface area contributed by atoms with Crippen LogP contribution in [0.4, 0.5) is 0 Å². The van der Waals surface area contributed by atoms with Gasteiger partial charge in [0.05, 0.1) is 5.92 Å². The molecule has 0 bridgehead atoms. The Bertz CT molecular complexity index is 813. The quantitative estimate of drug-likeness (QED) is 0.774. The highest BCUT2D eigenvalue weighted by Gasteiger charge is 2.29. The first-order chi connectivity index (χ1) is 13.0. The molecule has 1 aliphatic rings. The first-order valence-electron chi connectivity index (χ1n) is 9.34. The van der Waals surface area contributed by atoms with Gasteiger partial charge >= 0.3 is 0 Å². The molecule has 2 aromatic rings. The van der Waals surface area contributed by atoms with E-state index in [0.717, 1.165) is 29.7 Å². The summed E-state index contributed by atoms with van der Waals surface area (Å²) >= 11 is 1.70. The van der Waals surface area contributed by atoms with E-state index in [0.29, 0.717) is 25.3 Å². The molecule has 27 heavy (non-hydrogen) atoms. The zero-order valence-corrected chi connectivity index (χ0v) is 17.0. The van der Waals surface area contributed by atoms with E-state index in [-0.39, 0.29) is 17.7 Å². The van der Waals surface area contributed by atoms with Crippen LogP contribution in [0.25, 0.3) is 0 Å². The van der Waals surface area contributed by atoms with Crippen LogP contribution in [0.2, 0.25) is 0 Å². The van der Waals surface area contributed by atoms with Gasteiger partial charge in [0.15, 0.2) is 0 Å². The molecule has 5 nitrogen and oxygen atoms in total. The minimum Gasteiger partial charge on any atom is -0.354 e. The minimum atomic E-state index is -0.149. The van der Waals surface area contributed by atoms with Gasteiger partial charge in [0, 0.05) is 30.2 Å². The molecule has 3 rings (SSSR count). The van der Waals surface area contributed by atoms with E-state index in [1.807, 2.05) is 38.3 Å². The number of H-pyrrole nitrogens is 1. The highest BCUT2D eigenvalue weighted by atomic mass is 32.2. The van der Waals surface area contributed by atoms with Crippen molar-refractivity contribution in [2.75, 3.05) is 19.3 Å². The maximum atomic E-state index is 12.8. The van der Waals surface area contributed by atoms with Gasteiger partial charge in [0.2, 0.25) is 5.91 Å². The van der Waals surface area contributed by atoms with Gasteiger partial charge in [0.1, 0.15) is 5.69 Å². The topological polar surface area (TPSA) is 65.2 Å². The van der Waals surface area contributed by atoms with Crippen LogP contribution >= 0.6 is 11.8 Å². The van der Waals surface area contributed by atoms with Gasteiger partial charge in [-0.1, -0.05) is 12.1 Å². The Morgan fingerprint density at radius 2 is 2.00 bits per heavy atom. The number of hydrogen-bond acceptors (Lipinski definition) is 3. The molecule has 0 aliphatic carbocycles. The van der Waals surface area contributed by atoms with E-state index in [1.54, 1.807) is 16.7 Å². The molecule has 0 spiro atoms. The Balaban J connectivity index is 1.57. The minimum absolute atomic E-state index is 0.00856. The van der Waals surface area contributed by atoms with Gasteiger partial charge in [-0.25, -0.2) is 0 Å². The van der Waals surface area contributed by atoms with Crippen LogP contribution < -0.4 is 5.32 Å². The van der Waals surface area contributed by atoms with Crippen LogP contribution in [0.3, 0.4) is 0 Å². The summed E-state index contributed by atoms with van der Waals surface area (Å²) in [6.45, 7) is 5.59. The number of aromatic amines is 1. The zero-order chi connectivity index (χ0) is 19.4. The van der Waals surface area contributed by atoms with Crippen molar-refractivity contribution >= 4 is 23.6 Å². The molecule has 1 saturated heterocycles. The Kier molecular flexibility index (Phi) is 6.26. The van der Waals surface area contributed by atoms with Crippen molar-refractivity contribution < 1.29 is 9.59 Å². The maximum Gasteiger partial charge on any atom is 0.270 e. The average molecular weight is 386 g/mol. The molecule has 2 N–H and O–H groups in total. The van der Waals surface area contributed by atoms with Crippen molar-refractivity contribution in [1.82, 2.24) is 15.2 Å². The highest BCUT2D eigenvalue weighted by molar-refractivity contribution is 7.98. The number of carbonyl (C=O) groups is 2. The summed E-state index contributed by atoms with van der Waals surface area (Å²) < 4.78 is 0. The van der Waals surface area contributed by atoms with Crippen molar-refractivity contribution in [1.29, 1.82) is 0 Å². The van der Waals surface area contributed by atoms with Crippen LogP contribution in [0, 0.1) is 19.8 Å². The number of likely N-dealkylation sites (tertiary alicyclic amines) is 1. The van der Waals surface area contributed by atoms with Gasteiger partial charge < -0.3 is 15.2 Å². The summed E-state index contributed by atoms with van der Waals surface area (Å²) in [6.07, 6.45) is 3.72. The molecule has 0 saturated carbocycles. The highest BCUT2D eigenvalue weighted by Crippen LogP contribution is 2.21. The van der Waals surface area contributed by atoms with Crippen LogP contribution in [0.15, 0.2) is 35.2 Å². The fourth-order valence-electron chi connectivity index (χ4n) is 3.56. The fourth-order valence-corrected chi connectivity index (χ4v) is 3.97. The van der Waals surface area contributed by atoms with Gasteiger partial charge in [-0.05, 0) is 62.3 Å². The molecule has 1 atom stereocenters. The maximum absolute atomic E-state index is 12.8. The Morgan fingerprint density at radius 1 is 1.26 bits per heavy atom. The average Bonchev–Trinajstić information content (AvgIpc) is 3.04. The van der Waals surface area contributed by atoms with E-state index in [2.05, 4.69) is 22.4 Å². The molecule has 6 heteroatoms. The number of aromatic nitrogens is 1. The second kappa shape index (κ2) is 8.65. The first-order valence-corrected chi connectivity index (χ1v) is 10.6. The lowest BCUT2D eigenvalue weighted by molar-refractivity contribution is -0.126. The van der Waals surface area contributed by atoms with E-state index in [4.69, 9.17) is 0 Å². The SMILES string of the molecule is CSc1ccc(CNC(=O)[C@H]2CCCN(C(=O)c3[nH]c(C)cc3C)C2)cc1. The number of carbonyl (C=O) groups excluding carboxylic acids is 2. The Morgan fingerprint density at radius 3 is 2.63 bits per heavy atom. The van der Waals surface area contributed by atoms with E-state index in [1.165, 1.54) is 4.90 Å². The third-order valence-corrected chi connectivity index (χ3v) is 5.81. The number of benzene rings is 1. The number of thioether (sulfide) groups is 1. The summed E-state index contributed by atoms with van der Waals surface area (Å²) in [7, 11) is 0. The Labute approximate surface area is 164 Å². The summed E-state index contributed by atoms with van der Waals surface area (Å²) in [5.41, 5.74) is 3.66. The third kappa shape index (κ3) is 4.75. The number of amides is 2. The molecular formula is C21H27N3O2S. The molecule has 2 heterocycles. The fraction of sp³-hybridized carbons (Fsp3) is 0.429. The van der Waals surface area contributed by atoms with Crippen molar-refractivity contribution in [3.8, 4) is 0 Å². The van der Waals surface area contributed by atoms with Crippen LogP contribution in [0.5, 0.6) is 0 Å². The number of rotatable bonds is 5. The predicted octanol–water partition coefficient (Wildman–Crippen LogP) is 3.52. The van der Waals surface area contributed by atoms with E-state index >= 15 is 0 Å². The van der Waals surface area contributed by atoms with Crippen molar-refractivity contribution in [3.63, 3.8) is 0 Å². The molecular weight excluding hydrogens is 358 g/mol. The lowest BCUT2D eigenvalue weighted by Crippen LogP contribution is -2.45. The number of piperidine rings is 1. The lowest BCUT2D eigenvalue weighted by Gasteiger charge is -2.32. The summed E-state index contributed by atoms with van der Waals surface area (Å²) in [5, 5.41) is 3.03. The molecule has 1 fully saturated rings. The van der Waals surface area contributed by atoms with Crippen LogP contribution in [0.1, 0.15) is 40.2 Å². The third-order valence-electron chi connectivity index (χ3n) is 5.07. The molecule has 1 aromatic heterocycles. The Hall–Kier alpha value is -2.21. The van der Waals surface area contributed by atoms with Gasteiger partial charge in [-0.3, -0.25) is 9.59 Å². The zero-order valence-electron chi connectivity index (χ0n) is 16.2. The molecule has 0 unspecified atom stereocenters. The van der Waals surface area contributed by atoms with E-state index in [9.17, 15) is 9.59 Å². The largest absolute Gasteiger partial charge is 0.354 e. The molecule has 1 aromatic carbocycles. The van der Waals surface area contributed by atoms with E-state index < -0.39 is 0 Å². The number of aryl methyl sites for hydroxylation is 2. The molecule has 2 amide bonds. The van der Waals surface area contributed by atoms with Crippen LogP contribution in [-0.2, 0) is 11.3 Å². The normalized spacial score (nSPS) is 17.0. The van der Waals surface area contributed by atoms with Crippen molar-refractivity contribution in [2.45, 2.75) is 38.1 Å².